The molecule has 20 heavy (non-hydrogen) atoms. The third-order valence-corrected chi connectivity index (χ3v) is 4.27. The Bertz CT molecular complexity index is 754. The molecular formula is C14H12ClN3OS. The highest BCUT2D eigenvalue weighted by atomic mass is 35.5. The zero-order chi connectivity index (χ0) is 13.9. The van der Waals surface area contributed by atoms with Gasteiger partial charge in [-0.25, -0.2) is 0 Å². The first-order valence-corrected chi connectivity index (χ1v) is 7.38. The third-order valence-electron chi connectivity index (χ3n) is 2.98. The van der Waals surface area contributed by atoms with Crippen LogP contribution in [0.2, 0.25) is 4.34 Å². The SMILES string of the molecule is O=c1ccc(-c2cc(CCc3ccc(Cl)s3)[nH]n2)c[nH]1. The molecule has 2 N–H and O–H groups in total. The van der Waals surface area contributed by atoms with Crippen LogP contribution in [-0.2, 0) is 12.8 Å². The summed E-state index contributed by atoms with van der Waals surface area (Å²) in [7, 11) is 0. The molecule has 3 aromatic heterocycles. The minimum Gasteiger partial charge on any atom is -0.328 e. The smallest absolute Gasteiger partial charge is 0.247 e. The fraction of sp³-hybridized carbons (Fsp3) is 0.143. The van der Waals surface area contributed by atoms with Crippen LogP contribution in [0.3, 0.4) is 0 Å². The molecule has 0 aromatic carbocycles. The molecule has 0 spiro atoms. The molecule has 102 valence electrons. The van der Waals surface area contributed by atoms with Crippen molar-refractivity contribution < 1.29 is 0 Å². The van der Waals surface area contributed by atoms with Crippen molar-refractivity contribution in [2.75, 3.05) is 0 Å². The van der Waals surface area contributed by atoms with Gasteiger partial charge in [0.05, 0.1) is 10.0 Å². The largest absolute Gasteiger partial charge is 0.328 e. The van der Waals surface area contributed by atoms with Crippen LogP contribution >= 0.6 is 22.9 Å². The highest BCUT2D eigenvalue weighted by Gasteiger charge is 2.05. The highest BCUT2D eigenvalue weighted by Crippen LogP contribution is 2.23. The van der Waals surface area contributed by atoms with E-state index in [-0.39, 0.29) is 5.56 Å². The normalized spacial score (nSPS) is 10.8. The van der Waals surface area contributed by atoms with Crippen LogP contribution in [0.1, 0.15) is 10.6 Å². The van der Waals surface area contributed by atoms with Crippen molar-refractivity contribution in [1.29, 1.82) is 0 Å². The van der Waals surface area contributed by atoms with E-state index in [1.807, 2.05) is 18.2 Å². The Morgan fingerprint density at radius 1 is 1.20 bits per heavy atom. The maximum absolute atomic E-state index is 11.0. The van der Waals surface area contributed by atoms with E-state index in [4.69, 9.17) is 11.6 Å². The van der Waals surface area contributed by atoms with E-state index in [2.05, 4.69) is 15.2 Å². The number of H-pyrrole nitrogens is 2. The molecule has 0 aliphatic heterocycles. The van der Waals surface area contributed by atoms with Gasteiger partial charge >= 0.3 is 0 Å². The van der Waals surface area contributed by atoms with Gasteiger partial charge in [-0.15, -0.1) is 11.3 Å². The summed E-state index contributed by atoms with van der Waals surface area (Å²) in [6.45, 7) is 0. The van der Waals surface area contributed by atoms with Gasteiger partial charge in [0.25, 0.3) is 0 Å². The quantitative estimate of drug-likeness (QED) is 0.777. The lowest BCUT2D eigenvalue weighted by atomic mass is 10.1. The van der Waals surface area contributed by atoms with E-state index in [1.165, 1.54) is 10.9 Å². The molecule has 0 saturated heterocycles. The van der Waals surface area contributed by atoms with Crippen LogP contribution in [0.5, 0.6) is 0 Å². The molecule has 0 bridgehead atoms. The lowest BCUT2D eigenvalue weighted by Gasteiger charge is -1.94. The standard InChI is InChI=1S/C14H12ClN3OS/c15-13-5-4-11(20-13)3-2-10-7-12(18-17-10)9-1-6-14(19)16-8-9/h1,4-8H,2-3H2,(H,16,19)(H,17,18). The van der Waals surface area contributed by atoms with Crippen molar-refractivity contribution in [3.63, 3.8) is 0 Å². The molecule has 0 aliphatic carbocycles. The Labute approximate surface area is 124 Å². The molecule has 0 saturated carbocycles. The first-order valence-electron chi connectivity index (χ1n) is 6.18. The average molecular weight is 306 g/mol. The predicted molar refractivity (Wildman–Crippen MR) is 81.4 cm³/mol. The van der Waals surface area contributed by atoms with Crippen LogP contribution in [0, 0.1) is 0 Å². The number of aryl methyl sites for hydroxylation is 2. The van der Waals surface area contributed by atoms with Crippen LogP contribution in [0.25, 0.3) is 11.3 Å². The van der Waals surface area contributed by atoms with E-state index in [0.29, 0.717) is 0 Å². The van der Waals surface area contributed by atoms with Crippen LogP contribution in [0.15, 0.2) is 41.3 Å². The van der Waals surface area contributed by atoms with Crippen molar-refractivity contribution in [3.05, 3.63) is 61.8 Å². The monoisotopic (exact) mass is 305 g/mol. The number of halogens is 1. The lowest BCUT2D eigenvalue weighted by Crippen LogP contribution is -2.01. The van der Waals surface area contributed by atoms with Crippen molar-refractivity contribution in [3.8, 4) is 11.3 Å². The molecule has 3 aromatic rings. The number of hydrogen-bond acceptors (Lipinski definition) is 3. The Balaban J connectivity index is 1.70. The van der Waals surface area contributed by atoms with E-state index in [0.717, 1.165) is 34.1 Å². The van der Waals surface area contributed by atoms with Gasteiger partial charge in [-0.1, -0.05) is 11.6 Å². The van der Waals surface area contributed by atoms with Gasteiger partial charge in [-0.3, -0.25) is 9.89 Å². The summed E-state index contributed by atoms with van der Waals surface area (Å²) < 4.78 is 0.818. The molecule has 0 radical (unpaired) electrons. The van der Waals surface area contributed by atoms with E-state index in [9.17, 15) is 4.79 Å². The summed E-state index contributed by atoms with van der Waals surface area (Å²) in [5, 5.41) is 7.29. The van der Waals surface area contributed by atoms with Crippen LogP contribution < -0.4 is 5.56 Å². The number of nitrogens with one attached hydrogen (secondary N) is 2. The van der Waals surface area contributed by atoms with Crippen molar-refractivity contribution >= 4 is 22.9 Å². The van der Waals surface area contributed by atoms with Crippen molar-refractivity contribution in [2.24, 2.45) is 0 Å². The van der Waals surface area contributed by atoms with Gasteiger partial charge in [0.15, 0.2) is 0 Å². The molecule has 4 nitrogen and oxygen atoms in total. The molecule has 6 heteroatoms. The molecular weight excluding hydrogens is 294 g/mol. The Morgan fingerprint density at radius 3 is 2.80 bits per heavy atom. The molecule has 3 rings (SSSR count). The second-order valence-corrected chi connectivity index (χ2v) is 6.23. The summed E-state index contributed by atoms with van der Waals surface area (Å²) in [6.07, 6.45) is 3.49. The van der Waals surface area contributed by atoms with E-state index in [1.54, 1.807) is 23.6 Å². The summed E-state index contributed by atoms with van der Waals surface area (Å²) in [5.41, 5.74) is 2.68. The van der Waals surface area contributed by atoms with Crippen LogP contribution in [0.4, 0.5) is 0 Å². The third kappa shape index (κ3) is 3.00. The molecule has 0 fully saturated rings. The van der Waals surface area contributed by atoms with E-state index < -0.39 is 0 Å². The molecule has 0 amide bonds. The lowest BCUT2D eigenvalue weighted by molar-refractivity contribution is 0.905. The summed E-state index contributed by atoms with van der Waals surface area (Å²) in [5.74, 6) is 0. The van der Waals surface area contributed by atoms with Crippen molar-refractivity contribution in [1.82, 2.24) is 15.2 Å². The Kier molecular flexibility index (Phi) is 3.71. The number of hydrogen-bond donors (Lipinski definition) is 2. The summed E-state index contributed by atoms with van der Waals surface area (Å²) in [6, 6.07) is 9.23. The maximum Gasteiger partial charge on any atom is 0.247 e. The number of pyridine rings is 1. The summed E-state index contributed by atoms with van der Waals surface area (Å²) >= 11 is 7.51. The van der Waals surface area contributed by atoms with Gasteiger partial charge < -0.3 is 4.98 Å². The van der Waals surface area contributed by atoms with Crippen molar-refractivity contribution in [2.45, 2.75) is 12.8 Å². The maximum atomic E-state index is 11.0. The molecule has 0 atom stereocenters. The minimum atomic E-state index is -0.112. The van der Waals surface area contributed by atoms with Gasteiger partial charge in [0.2, 0.25) is 5.56 Å². The Morgan fingerprint density at radius 2 is 2.10 bits per heavy atom. The number of thiophene rings is 1. The molecule has 3 heterocycles. The number of rotatable bonds is 4. The number of aromatic amines is 2. The van der Waals surface area contributed by atoms with Gasteiger partial charge in [0.1, 0.15) is 0 Å². The zero-order valence-corrected chi connectivity index (χ0v) is 12.1. The van der Waals surface area contributed by atoms with Crippen LogP contribution in [-0.4, -0.2) is 15.2 Å². The highest BCUT2D eigenvalue weighted by molar-refractivity contribution is 7.16. The topological polar surface area (TPSA) is 61.5 Å². The number of aromatic nitrogens is 3. The van der Waals surface area contributed by atoms with E-state index >= 15 is 0 Å². The Hall–Kier alpha value is -1.85. The minimum absolute atomic E-state index is 0.112. The zero-order valence-electron chi connectivity index (χ0n) is 10.5. The second kappa shape index (κ2) is 5.64. The van der Waals surface area contributed by atoms with Gasteiger partial charge in [-0.2, -0.15) is 5.10 Å². The average Bonchev–Trinajstić information content (AvgIpc) is 3.06. The summed E-state index contributed by atoms with van der Waals surface area (Å²) in [4.78, 5) is 14.9. The molecule has 0 unspecified atom stereocenters. The first-order chi connectivity index (χ1) is 9.70. The fourth-order valence-corrected chi connectivity index (χ4v) is 3.04. The predicted octanol–water partition coefficient (Wildman–Crippen LogP) is 3.27. The fourth-order valence-electron chi connectivity index (χ4n) is 1.95. The second-order valence-electron chi connectivity index (χ2n) is 4.43. The molecule has 0 aliphatic rings. The first kappa shape index (κ1) is 13.1. The van der Waals surface area contributed by atoms with Gasteiger partial charge in [-0.05, 0) is 37.1 Å². The number of nitrogens with zero attached hydrogens (tertiary/aromatic N) is 1. The van der Waals surface area contributed by atoms with Gasteiger partial charge in [0, 0.05) is 28.4 Å².